The Labute approximate surface area is 123 Å². The van der Waals surface area contributed by atoms with Crippen molar-refractivity contribution in [2.75, 3.05) is 13.1 Å². The Morgan fingerprint density at radius 2 is 2.00 bits per heavy atom. The van der Waals surface area contributed by atoms with Gasteiger partial charge >= 0.3 is 0 Å². The maximum absolute atomic E-state index is 3.86. The lowest BCUT2D eigenvalue weighted by atomic mass is 10.0. The van der Waals surface area contributed by atoms with Gasteiger partial charge in [-0.25, -0.2) is 0 Å². The second kappa shape index (κ2) is 6.73. The van der Waals surface area contributed by atoms with Gasteiger partial charge in [-0.3, -0.25) is 4.90 Å². The topological polar surface area (TPSA) is 15.3 Å². The van der Waals surface area contributed by atoms with E-state index >= 15 is 0 Å². The molecule has 2 unspecified atom stereocenters. The fraction of sp³-hybridized carbons (Fsp3) is 0.667. The molecule has 0 radical (unpaired) electrons. The molecule has 1 N–H and O–H groups in total. The summed E-state index contributed by atoms with van der Waals surface area (Å²) in [6.45, 7) is 5.94. The first-order valence-corrected chi connectivity index (χ1v) is 8.32. The van der Waals surface area contributed by atoms with E-state index in [0.29, 0.717) is 12.1 Å². The number of nitrogens with zero attached hydrogens (tertiary/aromatic N) is 1. The van der Waals surface area contributed by atoms with Crippen LogP contribution in [-0.2, 0) is 6.54 Å². The summed E-state index contributed by atoms with van der Waals surface area (Å²) in [5.74, 6) is 1.03. The van der Waals surface area contributed by atoms with Crippen LogP contribution in [0.3, 0.4) is 0 Å². The molecule has 2 atom stereocenters. The van der Waals surface area contributed by atoms with Crippen LogP contribution in [0.2, 0.25) is 0 Å². The van der Waals surface area contributed by atoms with E-state index < -0.39 is 0 Å². The predicted molar refractivity (Wildman–Crippen MR) is 84.7 cm³/mol. The highest BCUT2D eigenvalue weighted by molar-refractivity contribution is 5.14. The molecular weight excluding hydrogens is 244 g/mol. The highest BCUT2D eigenvalue weighted by Crippen LogP contribution is 2.33. The zero-order valence-corrected chi connectivity index (χ0v) is 12.7. The second-order valence-corrected chi connectivity index (χ2v) is 6.81. The Balaban J connectivity index is 1.45. The first kappa shape index (κ1) is 14.1. The highest BCUT2D eigenvalue weighted by atomic mass is 15.2. The van der Waals surface area contributed by atoms with Crippen molar-refractivity contribution in [2.45, 2.75) is 57.7 Å². The van der Waals surface area contributed by atoms with Crippen LogP contribution in [0.4, 0.5) is 0 Å². The molecule has 0 bridgehead atoms. The Morgan fingerprint density at radius 3 is 2.75 bits per heavy atom. The van der Waals surface area contributed by atoms with Crippen molar-refractivity contribution in [3.63, 3.8) is 0 Å². The lowest BCUT2D eigenvalue weighted by Crippen LogP contribution is -2.48. The Kier molecular flexibility index (Phi) is 4.74. The van der Waals surface area contributed by atoms with Crippen molar-refractivity contribution < 1.29 is 0 Å². The smallest absolute Gasteiger partial charge is 0.0234 e. The quantitative estimate of drug-likeness (QED) is 0.853. The van der Waals surface area contributed by atoms with Gasteiger partial charge in [-0.1, -0.05) is 43.2 Å². The van der Waals surface area contributed by atoms with E-state index in [0.717, 1.165) is 12.5 Å². The SMILES string of the molecule is CC(CC1CC1)NC1CCCN(Cc2ccccc2)C1. The van der Waals surface area contributed by atoms with Gasteiger partial charge in [-0.2, -0.15) is 0 Å². The molecule has 20 heavy (non-hydrogen) atoms. The molecule has 1 aromatic rings. The maximum atomic E-state index is 3.86. The van der Waals surface area contributed by atoms with Crippen molar-refractivity contribution >= 4 is 0 Å². The van der Waals surface area contributed by atoms with Crippen molar-refractivity contribution in [1.29, 1.82) is 0 Å². The van der Waals surface area contributed by atoms with E-state index in [1.165, 1.54) is 50.8 Å². The van der Waals surface area contributed by atoms with Gasteiger partial charge in [0.25, 0.3) is 0 Å². The van der Waals surface area contributed by atoms with Crippen molar-refractivity contribution in [3.8, 4) is 0 Å². The van der Waals surface area contributed by atoms with Gasteiger partial charge in [0.15, 0.2) is 0 Å². The maximum Gasteiger partial charge on any atom is 0.0234 e. The molecular formula is C18H28N2. The largest absolute Gasteiger partial charge is 0.310 e. The molecule has 3 rings (SSSR count). The van der Waals surface area contributed by atoms with E-state index in [2.05, 4.69) is 47.5 Å². The number of piperidine rings is 1. The standard InChI is InChI=1S/C18H28N2/c1-15(12-16-9-10-16)19-18-8-5-11-20(14-18)13-17-6-3-2-4-7-17/h2-4,6-7,15-16,18-19H,5,8-14H2,1H3. The van der Waals surface area contributed by atoms with E-state index in [9.17, 15) is 0 Å². The van der Waals surface area contributed by atoms with Gasteiger partial charge in [0.05, 0.1) is 0 Å². The van der Waals surface area contributed by atoms with Crippen molar-refractivity contribution in [2.24, 2.45) is 5.92 Å². The minimum absolute atomic E-state index is 0.696. The summed E-state index contributed by atoms with van der Waals surface area (Å²) in [5.41, 5.74) is 1.44. The Hall–Kier alpha value is -0.860. The van der Waals surface area contributed by atoms with Crippen molar-refractivity contribution in [3.05, 3.63) is 35.9 Å². The number of rotatable bonds is 6. The van der Waals surface area contributed by atoms with Gasteiger partial charge in [0.1, 0.15) is 0 Å². The number of benzene rings is 1. The van der Waals surface area contributed by atoms with Crippen LogP contribution in [0.5, 0.6) is 0 Å². The molecule has 1 aliphatic heterocycles. The third-order valence-electron chi connectivity index (χ3n) is 4.66. The number of nitrogens with one attached hydrogen (secondary N) is 1. The fourth-order valence-corrected chi connectivity index (χ4v) is 3.50. The van der Waals surface area contributed by atoms with Crippen molar-refractivity contribution in [1.82, 2.24) is 10.2 Å². The normalized spacial score (nSPS) is 25.6. The monoisotopic (exact) mass is 272 g/mol. The number of hydrogen-bond acceptors (Lipinski definition) is 2. The van der Waals surface area contributed by atoms with Gasteiger partial charge in [-0.15, -0.1) is 0 Å². The van der Waals surface area contributed by atoms with Gasteiger partial charge in [0, 0.05) is 25.2 Å². The van der Waals surface area contributed by atoms with Crippen LogP contribution in [0.1, 0.15) is 44.6 Å². The van der Waals surface area contributed by atoms with Crippen LogP contribution >= 0.6 is 0 Å². The Morgan fingerprint density at radius 1 is 1.20 bits per heavy atom. The second-order valence-electron chi connectivity index (χ2n) is 6.81. The summed E-state index contributed by atoms with van der Waals surface area (Å²) in [6, 6.07) is 12.3. The van der Waals surface area contributed by atoms with E-state index in [1.54, 1.807) is 0 Å². The summed E-state index contributed by atoms with van der Waals surface area (Å²) in [6.07, 6.45) is 7.00. The lowest BCUT2D eigenvalue weighted by molar-refractivity contribution is 0.175. The minimum Gasteiger partial charge on any atom is -0.310 e. The van der Waals surface area contributed by atoms with Crippen LogP contribution in [0, 0.1) is 5.92 Å². The summed E-state index contributed by atoms with van der Waals surface area (Å²) in [4.78, 5) is 2.61. The van der Waals surface area contributed by atoms with E-state index in [1.807, 2.05) is 0 Å². The fourth-order valence-electron chi connectivity index (χ4n) is 3.50. The first-order valence-electron chi connectivity index (χ1n) is 8.32. The minimum atomic E-state index is 0.696. The molecule has 0 spiro atoms. The van der Waals surface area contributed by atoms with Crippen LogP contribution in [-0.4, -0.2) is 30.1 Å². The zero-order valence-electron chi connectivity index (χ0n) is 12.7. The predicted octanol–water partition coefficient (Wildman–Crippen LogP) is 3.43. The molecule has 1 saturated carbocycles. The van der Waals surface area contributed by atoms with E-state index in [4.69, 9.17) is 0 Å². The van der Waals surface area contributed by atoms with Gasteiger partial charge < -0.3 is 5.32 Å². The van der Waals surface area contributed by atoms with Crippen LogP contribution in [0.15, 0.2) is 30.3 Å². The summed E-state index contributed by atoms with van der Waals surface area (Å²) >= 11 is 0. The molecule has 1 heterocycles. The molecule has 2 fully saturated rings. The molecule has 2 aliphatic rings. The molecule has 1 saturated heterocycles. The zero-order chi connectivity index (χ0) is 13.8. The highest BCUT2D eigenvalue weighted by Gasteiger charge is 2.26. The first-order chi connectivity index (χ1) is 9.79. The van der Waals surface area contributed by atoms with E-state index in [-0.39, 0.29) is 0 Å². The third-order valence-corrected chi connectivity index (χ3v) is 4.66. The average Bonchev–Trinajstić information content (AvgIpc) is 3.24. The van der Waals surface area contributed by atoms with Gasteiger partial charge in [0.2, 0.25) is 0 Å². The summed E-state index contributed by atoms with van der Waals surface area (Å²) < 4.78 is 0. The van der Waals surface area contributed by atoms with Crippen LogP contribution in [0.25, 0.3) is 0 Å². The Bertz CT molecular complexity index is 399. The third kappa shape index (κ3) is 4.32. The van der Waals surface area contributed by atoms with Crippen LogP contribution < -0.4 is 5.32 Å². The molecule has 2 nitrogen and oxygen atoms in total. The molecule has 2 heteroatoms. The number of hydrogen-bond donors (Lipinski definition) is 1. The molecule has 110 valence electrons. The molecule has 0 amide bonds. The molecule has 0 aromatic heterocycles. The molecule has 1 aliphatic carbocycles. The summed E-state index contributed by atoms with van der Waals surface area (Å²) in [7, 11) is 0. The summed E-state index contributed by atoms with van der Waals surface area (Å²) in [5, 5.41) is 3.86. The molecule has 1 aromatic carbocycles. The van der Waals surface area contributed by atoms with Gasteiger partial charge in [-0.05, 0) is 44.2 Å². The average molecular weight is 272 g/mol. The lowest BCUT2D eigenvalue weighted by Gasteiger charge is -2.35. The number of likely N-dealkylation sites (tertiary alicyclic amines) is 1.